The van der Waals surface area contributed by atoms with E-state index in [0.29, 0.717) is 6.10 Å². The van der Waals surface area contributed by atoms with Gasteiger partial charge in [-0.2, -0.15) is 11.8 Å². The fraction of sp³-hybridized carbons (Fsp3) is 0.769. The molecule has 0 bridgehead atoms. The smallest absolute Gasteiger partial charge is 0.0994 e. The summed E-state index contributed by atoms with van der Waals surface area (Å²) in [6.45, 7) is 10.1. The maximum absolute atomic E-state index is 6.49. The van der Waals surface area contributed by atoms with E-state index in [1.54, 1.807) is 0 Å². The Labute approximate surface area is 186 Å². The lowest BCUT2D eigenvalue weighted by Gasteiger charge is -2.26. The van der Waals surface area contributed by atoms with Crippen molar-refractivity contribution < 1.29 is 4.74 Å². The average molecular weight is 422 g/mol. The monoisotopic (exact) mass is 421 g/mol. The highest BCUT2D eigenvalue weighted by molar-refractivity contribution is 7.98. The van der Waals surface area contributed by atoms with Gasteiger partial charge in [-0.05, 0) is 24.8 Å². The van der Waals surface area contributed by atoms with Crippen molar-refractivity contribution in [2.45, 2.75) is 103 Å². The topological polar surface area (TPSA) is 12.5 Å². The molecule has 0 saturated carbocycles. The summed E-state index contributed by atoms with van der Waals surface area (Å²) in [4.78, 5) is 2.56. The number of benzene rings is 1. The molecule has 0 heterocycles. The molecule has 0 saturated heterocycles. The maximum Gasteiger partial charge on any atom is 0.0994 e. The summed E-state index contributed by atoms with van der Waals surface area (Å²) >= 11 is 2.03. The van der Waals surface area contributed by atoms with Crippen LogP contribution in [0.5, 0.6) is 0 Å². The van der Waals surface area contributed by atoms with Crippen LogP contribution >= 0.6 is 11.8 Å². The van der Waals surface area contributed by atoms with Crippen LogP contribution in [0.25, 0.3) is 0 Å². The second-order valence-corrected chi connectivity index (χ2v) is 9.33. The molecule has 1 aromatic rings. The molecule has 0 radical (unpaired) electrons. The first-order valence-electron chi connectivity index (χ1n) is 12.3. The Balaban J connectivity index is 2.44. The van der Waals surface area contributed by atoms with Gasteiger partial charge >= 0.3 is 0 Å². The summed E-state index contributed by atoms with van der Waals surface area (Å²) in [7, 11) is 0. The molecule has 1 atom stereocenters. The van der Waals surface area contributed by atoms with Crippen molar-refractivity contribution in [3.05, 3.63) is 35.9 Å². The fourth-order valence-electron chi connectivity index (χ4n) is 3.52. The van der Waals surface area contributed by atoms with Crippen LogP contribution in [-0.2, 0) is 10.5 Å². The standard InChI is InChI=1S/C26H47NOS/c1-4-7-10-14-19-26(23-29-22-25-17-12-11-13-18-25)28-24-27(20-15-8-5-2)21-16-9-6-3/h11-13,17-18,26H,4-10,14-16,19-24H2,1-3H3. The highest BCUT2D eigenvalue weighted by Gasteiger charge is 2.13. The molecule has 0 aliphatic rings. The van der Waals surface area contributed by atoms with E-state index in [9.17, 15) is 0 Å². The minimum absolute atomic E-state index is 0.389. The lowest BCUT2D eigenvalue weighted by molar-refractivity contribution is -0.0177. The molecule has 1 aromatic carbocycles. The predicted octanol–water partition coefficient (Wildman–Crippen LogP) is 7.92. The number of rotatable bonds is 20. The number of hydrogen-bond acceptors (Lipinski definition) is 3. The van der Waals surface area contributed by atoms with Gasteiger partial charge in [0.1, 0.15) is 0 Å². The third-order valence-corrected chi connectivity index (χ3v) is 6.59. The Morgan fingerprint density at radius 1 is 0.793 bits per heavy atom. The van der Waals surface area contributed by atoms with E-state index in [0.717, 1.165) is 18.2 Å². The zero-order valence-electron chi connectivity index (χ0n) is 19.5. The Kier molecular flexibility index (Phi) is 17.8. The third-order valence-electron chi connectivity index (χ3n) is 5.44. The summed E-state index contributed by atoms with van der Waals surface area (Å²) in [6.07, 6.45) is 14.7. The van der Waals surface area contributed by atoms with Crippen molar-refractivity contribution in [2.24, 2.45) is 0 Å². The quantitative estimate of drug-likeness (QED) is 0.157. The van der Waals surface area contributed by atoms with Gasteiger partial charge in [0.05, 0.1) is 12.8 Å². The fourth-order valence-corrected chi connectivity index (χ4v) is 4.59. The zero-order valence-corrected chi connectivity index (χ0v) is 20.4. The number of unbranched alkanes of at least 4 members (excludes halogenated alkanes) is 7. The molecule has 29 heavy (non-hydrogen) atoms. The number of ether oxygens (including phenoxy) is 1. The van der Waals surface area contributed by atoms with Crippen LogP contribution in [0, 0.1) is 0 Å². The number of hydrogen-bond donors (Lipinski definition) is 0. The van der Waals surface area contributed by atoms with Gasteiger partial charge in [0.2, 0.25) is 0 Å². The molecule has 3 heteroatoms. The Hall–Kier alpha value is -0.510. The second kappa shape index (κ2) is 19.5. The average Bonchev–Trinajstić information content (AvgIpc) is 2.75. The molecule has 2 nitrogen and oxygen atoms in total. The highest BCUT2D eigenvalue weighted by Crippen LogP contribution is 2.18. The van der Waals surface area contributed by atoms with Gasteiger partial charge in [0, 0.05) is 24.6 Å². The van der Waals surface area contributed by atoms with Crippen molar-refractivity contribution in [3.63, 3.8) is 0 Å². The number of nitrogens with zero attached hydrogens (tertiary/aromatic N) is 1. The van der Waals surface area contributed by atoms with Gasteiger partial charge < -0.3 is 4.74 Å². The summed E-state index contributed by atoms with van der Waals surface area (Å²) in [5.74, 6) is 2.20. The van der Waals surface area contributed by atoms with Crippen molar-refractivity contribution in [1.29, 1.82) is 0 Å². The van der Waals surface area contributed by atoms with Crippen LogP contribution in [0.3, 0.4) is 0 Å². The Morgan fingerprint density at radius 3 is 2.03 bits per heavy atom. The van der Waals surface area contributed by atoms with Crippen molar-refractivity contribution in [1.82, 2.24) is 4.90 Å². The summed E-state index contributed by atoms with van der Waals surface area (Å²) < 4.78 is 6.49. The molecule has 0 N–H and O–H groups in total. The van der Waals surface area contributed by atoms with E-state index in [2.05, 4.69) is 56.0 Å². The van der Waals surface area contributed by atoms with E-state index < -0.39 is 0 Å². The normalized spacial score (nSPS) is 12.6. The first-order valence-corrected chi connectivity index (χ1v) is 13.4. The highest BCUT2D eigenvalue weighted by atomic mass is 32.2. The molecule has 1 rings (SSSR count). The number of thioether (sulfide) groups is 1. The predicted molar refractivity (Wildman–Crippen MR) is 132 cm³/mol. The third kappa shape index (κ3) is 15.0. The maximum atomic E-state index is 6.49. The Bertz CT molecular complexity index is 443. The van der Waals surface area contributed by atoms with Crippen LogP contribution in [0.15, 0.2) is 30.3 Å². The van der Waals surface area contributed by atoms with Gasteiger partial charge in [-0.3, -0.25) is 4.90 Å². The Morgan fingerprint density at radius 2 is 1.41 bits per heavy atom. The van der Waals surface area contributed by atoms with Crippen LogP contribution in [0.4, 0.5) is 0 Å². The summed E-state index contributed by atoms with van der Waals surface area (Å²) in [6, 6.07) is 10.8. The molecule has 168 valence electrons. The molecular weight excluding hydrogens is 374 g/mol. The SMILES string of the molecule is CCCCCCC(CSCc1ccccc1)OCN(CCCCC)CCCCC. The van der Waals surface area contributed by atoms with E-state index in [-0.39, 0.29) is 0 Å². The minimum Gasteiger partial charge on any atom is -0.362 e. The second-order valence-electron chi connectivity index (χ2n) is 8.30. The largest absolute Gasteiger partial charge is 0.362 e. The molecule has 0 aliphatic carbocycles. The van der Waals surface area contributed by atoms with Crippen LogP contribution in [0.2, 0.25) is 0 Å². The van der Waals surface area contributed by atoms with Gasteiger partial charge in [-0.15, -0.1) is 0 Å². The molecular formula is C26H47NOS. The van der Waals surface area contributed by atoms with Gasteiger partial charge in [0.25, 0.3) is 0 Å². The molecule has 1 unspecified atom stereocenters. The van der Waals surface area contributed by atoms with E-state index >= 15 is 0 Å². The molecule has 0 spiro atoms. The molecule has 0 fully saturated rings. The lowest BCUT2D eigenvalue weighted by Crippen LogP contribution is -2.32. The van der Waals surface area contributed by atoms with Crippen molar-refractivity contribution >= 4 is 11.8 Å². The lowest BCUT2D eigenvalue weighted by atomic mass is 10.1. The van der Waals surface area contributed by atoms with Gasteiger partial charge in [0.15, 0.2) is 0 Å². The van der Waals surface area contributed by atoms with E-state index in [1.807, 2.05) is 11.8 Å². The summed E-state index contributed by atoms with van der Waals surface area (Å²) in [5, 5.41) is 0. The van der Waals surface area contributed by atoms with Crippen LogP contribution in [-0.4, -0.2) is 36.6 Å². The van der Waals surface area contributed by atoms with Crippen molar-refractivity contribution in [2.75, 3.05) is 25.6 Å². The summed E-state index contributed by atoms with van der Waals surface area (Å²) in [5.41, 5.74) is 1.42. The minimum atomic E-state index is 0.389. The van der Waals surface area contributed by atoms with E-state index in [4.69, 9.17) is 4.74 Å². The first-order chi connectivity index (χ1) is 14.3. The zero-order chi connectivity index (χ0) is 21.0. The molecule has 0 aliphatic heterocycles. The van der Waals surface area contributed by atoms with Crippen LogP contribution < -0.4 is 0 Å². The molecule has 0 amide bonds. The van der Waals surface area contributed by atoms with Crippen LogP contribution in [0.1, 0.15) is 97.0 Å². The molecule has 0 aromatic heterocycles. The van der Waals surface area contributed by atoms with Gasteiger partial charge in [-0.25, -0.2) is 0 Å². The first kappa shape index (κ1) is 26.5. The van der Waals surface area contributed by atoms with Gasteiger partial charge in [-0.1, -0.05) is 102 Å². The van der Waals surface area contributed by atoms with E-state index in [1.165, 1.54) is 89.3 Å². The van der Waals surface area contributed by atoms with Crippen molar-refractivity contribution in [3.8, 4) is 0 Å².